The van der Waals surface area contributed by atoms with E-state index in [0.717, 1.165) is 0 Å². The van der Waals surface area contributed by atoms with E-state index in [4.69, 9.17) is 14.2 Å². The molecule has 1 heterocycles. The van der Waals surface area contributed by atoms with Crippen LogP contribution in [0.25, 0.3) is 11.0 Å². The molecule has 172 valence electrons. The molecule has 1 N–H and O–H groups in total. The van der Waals surface area contributed by atoms with E-state index in [9.17, 15) is 13.2 Å². The number of sulfonamides is 1. The second kappa shape index (κ2) is 8.55. The fourth-order valence-corrected chi connectivity index (χ4v) is 4.53. The monoisotopic (exact) mass is 469 g/mol. The van der Waals surface area contributed by atoms with Crippen LogP contribution in [-0.4, -0.2) is 31.8 Å². The number of methoxy groups -OCH3 is 2. The van der Waals surface area contributed by atoms with Crippen molar-refractivity contribution in [2.75, 3.05) is 18.9 Å². The van der Waals surface area contributed by atoms with Gasteiger partial charge < -0.3 is 14.2 Å². The van der Waals surface area contributed by atoms with Gasteiger partial charge in [-0.05, 0) is 42.5 Å². The molecular formula is C23H23N3O6S. The maximum absolute atomic E-state index is 13.1. The average Bonchev–Trinajstić information content (AvgIpc) is 3.03. The Kier molecular flexibility index (Phi) is 5.77. The number of hydrogen-bond acceptors (Lipinski definition) is 6. The Hall–Kier alpha value is -3.92. The molecule has 0 aliphatic carbocycles. The van der Waals surface area contributed by atoms with Crippen LogP contribution in [-0.2, 0) is 24.1 Å². The Labute approximate surface area is 190 Å². The Bertz CT molecular complexity index is 1490. The van der Waals surface area contributed by atoms with Crippen molar-refractivity contribution in [3.05, 3.63) is 71.1 Å². The zero-order chi connectivity index (χ0) is 23.8. The van der Waals surface area contributed by atoms with Crippen LogP contribution < -0.4 is 24.6 Å². The zero-order valence-corrected chi connectivity index (χ0v) is 19.3. The van der Waals surface area contributed by atoms with Gasteiger partial charge in [-0.15, -0.1) is 0 Å². The molecule has 0 saturated heterocycles. The molecule has 0 amide bonds. The number of ether oxygens (including phenoxy) is 3. The van der Waals surface area contributed by atoms with Crippen LogP contribution in [0.2, 0.25) is 0 Å². The van der Waals surface area contributed by atoms with E-state index in [1.54, 1.807) is 69.7 Å². The number of benzene rings is 3. The Balaban J connectivity index is 1.82. The van der Waals surface area contributed by atoms with Gasteiger partial charge in [-0.25, -0.2) is 13.2 Å². The zero-order valence-electron chi connectivity index (χ0n) is 18.5. The first-order chi connectivity index (χ1) is 15.7. The average molecular weight is 470 g/mol. The number of nitrogens with zero attached hydrogens (tertiary/aromatic N) is 2. The summed E-state index contributed by atoms with van der Waals surface area (Å²) in [5, 5.41) is 0. The van der Waals surface area contributed by atoms with E-state index in [0.29, 0.717) is 28.3 Å². The minimum Gasteiger partial charge on any atom is -0.497 e. The molecule has 1 aromatic heterocycles. The molecule has 0 radical (unpaired) electrons. The number of fused-ring (bicyclic) bond motifs is 1. The van der Waals surface area contributed by atoms with Crippen LogP contribution >= 0.6 is 0 Å². The lowest BCUT2D eigenvalue weighted by molar-refractivity contribution is 0.413. The Morgan fingerprint density at radius 3 is 2.03 bits per heavy atom. The molecule has 0 aliphatic heterocycles. The quantitative estimate of drug-likeness (QED) is 0.445. The SMILES string of the molecule is COc1ccc(Oc2cc3c(cc2NS(=O)(=O)c2cccc(OC)c2)n(C)c(=O)n3C)cc1. The molecule has 4 aromatic rings. The Morgan fingerprint density at radius 2 is 1.39 bits per heavy atom. The number of anilines is 1. The fraction of sp³-hybridized carbons (Fsp3) is 0.174. The minimum absolute atomic E-state index is 0.0271. The highest BCUT2D eigenvalue weighted by Gasteiger charge is 2.21. The normalized spacial score (nSPS) is 11.4. The second-order valence-corrected chi connectivity index (χ2v) is 8.98. The number of aryl methyl sites for hydroxylation is 2. The van der Waals surface area contributed by atoms with Crippen LogP contribution in [0.15, 0.2) is 70.4 Å². The predicted octanol–water partition coefficient (Wildman–Crippen LogP) is 3.49. The second-order valence-electron chi connectivity index (χ2n) is 7.30. The van der Waals surface area contributed by atoms with E-state index < -0.39 is 10.0 Å². The molecule has 0 atom stereocenters. The molecule has 3 aromatic carbocycles. The fourth-order valence-electron chi connectivity index (χ4n) is 3.43. The highest BCUT2D eigenvalue weighted by Crippen LogP contribution is 2.35. The van der Waals surface area contributed by atoms with Crippen molar-refractivity contribution in [1.29, 1.82) is 0 Å². The number of aromatic nitrogens is 2. The summed E-state index contributed by atoms with van der Waals surface area (Å²) in [7, 11) is 2.30. The number of hydrogen-bond donors (Lipinski definition) is 1. The largest absolute Gasteiger partial charge is 0.497 e. The lowest BCUT2D eigenvalue weighted by Crippen LogP contribution is -2.19. The van der Waals surface area contributed by atoms with Crippen molar-refractivity contribution in [3.8, 4) is 23.0 Å². The molecule has 0 aliphatic rings. The summed E-state index contributed by atoms with van der Waals surface area (Å²) in [6.07, 6.45) is 0. The van der Waals surface area contributed by atoms with E-state index in [2.05, 4.69) is 4.72 Å². The first-order valence-corrected chi connectivity index (χ1v) is 11.4. The summed E-state index contributed by atoms with van der Waals surface area (Å²) >= 11 is 0. The van der Waals surface area contributed by atoms with Gasteiger partial charge in [0.1, 0.15) is 17.2 Å². The summed E-state index contributed by atoms with van der Waals surface area (Å²) in [6, 6.07) is 16.2. The first-order valence-electron chi connectivity index (χ1n) is 9.91. The van der Waals surface area contributed by atoms with Gasteiger partial charge in [0.15, 0.2) is 5.75 Å². The third-order valence-corrected chi connectivity index (χ3v) is 6.62. The van der Waals surface area contributed by atoms with Crippen molar-refractivity contribution >= 4 is 26.7 Å². The number of rotatable bonds is 7. The summed E-state index contributed by atoms with van der Waals surface area (Å²) in [5.74, 6) is 1.77. The van der Waals surface area contributed by atoms with Gasteiger partial charge in [-0.3, -0.25) is 13.9 Å². The molecule has 9 nitrogen and oxygen atoms in total. The third kappa shape index (κ3) is 4.24. The first kappa shape index (κ1) is 22.3. The topological polar surface area (TPSA) is 101 Å². The molecule has 10 heteroatoms. The van der Waals surface area contributed by atoms with Crippen molar-refractivity contribution in [2.45, 2.75) is 4.90 Å². The van der Waals surface area contributed by atoms with Gasteiger partial charge in [-0.1, -0.05) is 6.07 Å². The summed E-state index contributed by atoms with van der Waals surface area (Å²) in [5.41, 5.74) is 1.08. The van der Waals surface area contributed by atoms with Crippen molar-refractivity contribution in [1.82, 2.24) is 9.13 Å². The molecule has 0 fully saturated rings. The van der Waals surface area contributed by atoms with E-state index in [-0.39, 0.29) is 22.0 Å². The van der Waals surface area contributed by atoms with Gasteiger partial charge in [0.2, 0.25) is 0 Å². The summed E-state index contributed by atoms with van der Waals surface area (Å²) in [6.45, 7) is 0. The lowest BCUT2D eigenvalue weighted by Gasteiger charge is -2.15. The highest BCUT2D eigenvalue weighted by molar-refractivity contribution is 7.92. The predicted molar refractivity (Wildman–Crippen MR) is 125 cm³/mol. The number of imidazole rings is 1. The van der Waals surface area contributed by atoms with Gasteiger partial charge in [0.25, 0.3) is 10.0 Å². The van der Waals surface area contributed by atoms with Crippen LogP contribution in [0, 0.1) is 0 Å². The number of nitrogens with one attached hydrogen (secondary N) is 1. The molecule has 33 heavy (non-hydrogen) atoms. The van der Waals surface area contributed by atoms with Crippen LogP contribution in [0.4, 0.5) is 5.69 Å². The molecular weight excluding hydrogens is 446 g/mol. The maximum atomic E-state index is 13.1. The Morgan fingerprint density at radius 1 is 0.788 bits per heavy atom. The third-order valence-electron chi connectivity index (χ3n) is 5.26. The van der Waals surface area contributed by atoms with Crippen molar-refractivity contribution in [2.24, 2.45) is 14.1 Å². The van der Waals surface area contributed by atoms with E-state index >= 15 is 0 Å². The van der Waals surface area contributed by atoms with Gasteiger partial charge >= 0.3 is 5.69 Å². The highest BCUT2D eigenvalue weighted by atomic mass is 32.2. The molecule has 4 rings (SSSR count). The van der Waals surface area contributed by atoms with Crippen LogP contribution in [0.5, 0.6) is 23.0 Å². The van der Waals surface area contributed by atoms with Crippen molar-refractivity contribution < 1.29 is 22.6 Å². The molecule has 0 saturated carbocycles. The van der Waals surface area contributed by atoms with Gasteiger partial charge in [-0.2, -0.15) is 0 Å². The minimum atomic E-state index is -3.98. The van der Waals surface area contributed by atoms with Crippen LogP contribution in [0.3, 0.4) is 0 Å². The smallest absolute Gasteiger partial charge is 0.328 e. The molecule has 0 spiro atoms. The summed E-state index contributed by atoms with van der Waals surface area (Å²) < 4.78 is 48.1. The standard InChI is InChI=1S/C23H23N3O6S/c1-25-20-13-19(24-33(28,29)18-7-5-6-17(12-18)31-4)22(14-21(20)26(2)23(25)27)32-16-10-8-15(30-3)9-11-16/h5-14,24H,1-4H3. The lowest BCUT2D eigenvalue weighted by atomic mass is 10.2. The van der Waals surface area contributed by atoms with E-state index in [1.165, 1.54) is 28.4 Å². The van der Waals surface area contributed by atoms with E-state index in [1.807, 2.05) is 0 Å². The van der Waals surface area contributed by atoms with Crippen LogP contribution in [0.1, 0.15) is 0 Å². The van der Waals surface area contributed by atoms with Gasteiger partial charge in [0.05, 0.1) is 35.8 Å². The molecule has 0 bridgehead atoms. The van der Waals surface area contributed by atoms with Crippen molar-refractivity contribution in [3.63, 3.8) is 0 Å². The molecule has 0 unspecified atom stereocenters. The van der Waals surface area contributed by atoms with Gasteiger partial charge in [0, 0.05) is 26.2 Å². The summed E-state index contributed by atoms with van der Waals surface area (Å²) in [4.78, 5) is 12.5. The maximum Gasteiger partial charge on any atom is 0.328 e.